The van der Waals surface area contributed by atoms with Crippen LogP contribution in [0.1, 0.15) is 18.5 Å². The molecule has 1 atom stereocenters. The highest BCUT2D eigenvalue weighted by Crippen LogP contribution is 2.28. The fourth-order valence-electron chi connectivity index (χ4n) is 2.73. The number of nitrogens with one attached hydrogen (secondary N) is 1. The van der Waals surface area contributed by atoms with Crippen LogP contribution in [0.4, 0.5) is 0 Å². The Kier molecular flexibility index (Phi) is 3.29. The van der Waals surface area contributed by atoms with E-state index in [4.69, 9.17) is 17.3 Å². The van der Waals surface area contributed by atoms with Gasteiger partial charge in [0.2, 0.25) is 0 Å². The van der Waals surface area contributed by atoms with Crippen molar-refractivity contribution >= 4 is 22.5 Å². The number of para-hydroxylation sites is 1. The quantitative estimate of drug-likeness (QED) is 0.875. The SMILES string of the molecule is N[C@@H]1CCCN(Cc2[nH]c3ccccc3c2Cl)C1. The van der Waals surface area contributed by atoms with Crippen LogP contribution < -0.4 is 5.73 Å². The van der Waals surface area contributed by atoms with Crippen molar-refractivity contribution in [1.82, 2.24) is 9.88 Å². The van der Waals surface area contributed by atoms with E-state index in [0.29, 0.717) is 6.04 Å². The van der Waals surface area contributed by atoms with E-state index in [1.54, 1.807) is 0 Å². The van der Waals surface area contributed by atoms with Crippen molar-refractivity contribution in [2.75, 3.05) is 13.1 Å². The molecule has 0 unspecified atom stereocenters. The number of nitrogens with two attached hydrogens (primary N) is 1. The number of hydrogen-bond acceptors (Lipinski definition) is 2. The summed E-state index contributed by atoms with van der Waals surface area (Å²) in [5.74, 6) is 0. The Bertz CT molecular complexity index is 549. The van der Waals surface area contributed by atoms with Gasteiger partial charge in [-0.15, -0.1) is 0 Å². The molecule has 2 heterocycles. The summed E-state index contributed by atoms with van der Waals surface area (Å²) in [5.41, 5.74) is 8.22. The van der Waals surface area contributed by atoms with Crippen molar-refractivity contribution in [3.8, 4) is 0 Å². The topological polar surface area (TPSA) is 45.0 Å². The second-order valence-corrected chi connectivity index (χ2v) is 5.48. The number of piperidine rings is 1. The average molecular weight is 264 g/mol. The lowest BCUT2D eigenvalue weighted by atomic mass is 10.1. The van der Waals surface area contributed by atoms with Gasteiger partial charge >= 0.3 is 0 Å². The number of likely N-dealkylation sites (tertiary alicyclic amines) is 1. The summed E-state index contributed by atoms with van der Waals surface area (Å²) >= 11 is 6.42. The Balaban J connectivity index is 1.84. The summed E-state index contributed by atoms with van der Waals surface area (Å²) in [7, 11) is 0. The predicted molar refractivity (Wildman–Crippen MR) is 75.8 cm³/mol. The van der Waals surface area contributed by atoms with Crippen molar-refractivity contribution < 1.29 is 0 Å². The van der Waals surface area contributed by atoms with Crippen LogP contribution in [0.2, 0.25) is 5.02 Å². The van der Waals surface area contributed by atoms with Gasteiger partial charge < -0.3 is 10.7 Å². The van der Waals surface area contributed by atoms with Crippen LogP contribution in [0.15, 0.2) is 24.3 Å². The lowest BCUT2D eigenvalue weighted by Gasteiger charge is -2.30. The molecule has 3 rings (SSSR count). The molecule has 4 heteroatoms. The predicted octanol–water partition coefficient (Wildman–Crippen LogP) is 2.74. The van der Waals surface area contributed by atoms with Crippen LogP contribution in [0.25, 0.3) is 10.9 Å². The second-order valence-electron chi connectivity index (χ2n) is 5.10. The smallest absolute Gasteiger partial charge is 0.0705 e. The van der Waals surface area contributed by atoms with Crippen LogP contribution in [0.3, 0.4) is 0 Å². The number of fused-ring (bicyclic) bond motifs is 1. The summed E-state index contributed by atoms with van der Waals surface area (Å²) in [4.78, 5) is 5.79. The minimum Gasteiger partial charge on any atom is -0.356 e. The van der Waals surface area contributed by atoms with Gasteiger partial charge in [-0.2, -0.15) is 0 Å². The second kappa shape index (κ2) is 4.92. The molecular weight excluding hydrogens is 246 g/mol. The highest BCUT2D eigenvalue weighted by Gasteiger charge is 2.19. The van der Waals surface area contributed by atoms with E-state index in [1.165, 1.54) is 6.42 Å². The molecule has 1 fully saturated rings. The van der Waals surface area contributed by atoms with E-state index in [1.807, 2.05) is 12.1 Å². The molecule has 0 radical (unpaired) electrons. The third kappa shape index (κ3) is 2.26. The number of aromatic nitrogens is 1. The zero-order chi connectivity index (χ0) is 12.5. The Morgan fingerprint density at radius 1 is 1.39 bits per heavy atom. The van der Waals surface area contributed by atoms with Crippen molar-refractivity contribution in [1.29, 1.82) is 0 Å². The monoisotopic (exact) mass is 263 g/mol. The Labute approximate surface area is 112 Å². The molecule has 3 N–H and O–H groups in total. The zero-order valence-electron chi connectivity index (χ0n) is 10.3. The first-order chi connectivity index (χ1) is 8.74. The molecule has 0 saturated carbocycles. The Morgan fingerprint density at radius 2 is 2.22 bits per heavy atom. The van der Waals surface area contributed by atoms with Gasteiger partial charge in [0.05, 0.1) is 5.02 Å². The standard InChI is InChI=1S/C14H18ClN3/c15-14-11-5-1-2-6-12(11)17-13(14)9-18-7-3-4-10(16)8-18/h1-2,5-6,10,17H,3-4,7-9,16H2/t10-/m1/s1. The van der Waals surface area contributed by atoms with Crippen molar-refractivity contribution in [2.24, 2.45) is 5.73 Å². The van der Waals surface area contributed by atoms with Gasteiger partial charge in [0.15, 0.2) is 0 Å². The van der Waals surface area contributed by atoms with Gasteiger partial charge in [0.1, 0.15) is 0 Å². The highest BCUT2D eigenvalue weighted by atomic mass is 35.5. The minimum absolute atomic E-state index is 0.307. The van der Waals surface area contributed by atoms with E-state index in [9.17, 15) is 0 Å². The minimum atomic E-state index is 0.307. The molecule has 0 bridgehead atoms. The van der Waals surface area contributed by atoms with E-state index in [0.717, 1.165) is 47.7 Å². The number of halogens is 1. The van der Waals surface area contributed by atoms with Crippen LogP contribution in [0.5, 0.6) is 0 Å². The van der Waals surface area contributed by atoms with Crippen LogP contribution in [-0.4, -0.2) is 29.0 Å². The Hall–Kier alpha value is -1.03. The van der Waals surface area contributed by atoms with Crippen LogP contribution >= 0.6 is 11.6 Å². The number of hydrogen-bond donors (Lipinski definition) is 2. The molecule has 2 aromatic rings. The van der Waals surface area contributed by atoms with Gasteiger partial charge in [-0.1, -0.05) is 29.8 Å². The molecule has 0 spiro atoms. The van der Waals surface area contributed by atoms with Gasteiger partial charge in [-0.25, -0.2) is 0 Å². The van der Waals surface area contributed by atoms with Gasteiger partial charge in [-0.3, -0.25) is 4.90 Å². The largest absolute Gasteiger partial charge is 0.356 e. The van der Waals surface area contributed by atoms with Crippen molar-refractivity contribution in [3.05, 3.63) is 35.0 Å². The average Bonchev–Trinajstić information content (AvgIpc) is 2.67. The lowest BCUT2D eigenvalue weighted by molar-refractivity contribution is 0.200. The van der Waals surface area contributed by atoms with Crippen molar-refractivity contribution in [3.63, 3.8) is 0 Å². The maximum absolute atomic E-state index is 6.42. The summed E-state index contributed by atoms with van der Waals surface area (Å²) in [6.07, 6.45) is 2.32. The van der Waals surface area contributed by atoms with Gasteiger partial charge in [0, 0.05) is 35.7 Å². The summed E-state index contributed by atoms with van der Waals surface area (Å²) in [6, 6.07) is 8.46. The third-order valence-corrected chi connectivity index (χ3v) is 4.07. The number of H-pyrrole nitrogens is 1. The summed E-state index contributed by atoms with van der Waals surface area (Å²) in [6.45, 7) is 2.94. The molecule has 1 aromatic heterocycles. The Morgan fingerprint density at radius 3 is 3.00 bits per heavy atom. The number of nitrogens with zero attached hydrogens (tertiary/aromatic N) is 1. The molecule has 1 aliphatic heterocycles. The molecule has 0 amide bonds. The third-order valence-electron chi connectivity index (χ3n) is 3.64. The number of aromatic amines is 1. The molecule has 3 nitrogen and oxygen atoms in total. The molecular formula is C14H18ClN3. The zero-order valence-corrected chi connectivity index (χ0v) is 11.1. The normalized spacial score (nSPS) is 21.6. The summed E-state index contributed by atoms with van der Waals surface area (Å²) < 4.78 is 0. The highest BCUT2D eigenvalue weighted by molar-refractivity contribution is 6.36. The maximum atomic E-state index is 6.42. The first kappa shape index (κ1) is 12.0. The lowest BCUT2D eigenvalue weighted by Crippen LogP contribution is -2.42. The van der Waals surface area contributed by atoms with Crippen molar-refractivity contribution in [2.45, 2.75) is 25.4 Å². The van der Waals surface area contributed by atoms with E-state index in [-0.39, 0.29) is 0 Å². The first-order valence-corrected chi connectivity index (χ1v) is 6.85. The van der Waals surface area contributed by atoms with Gasteiger partial charge in [0.25, 0.3) is 0 Å². The van der Waals surface area contributed by atoms with Gasteiger partial charge in [-0.05, 0) is 25.5 Å². The fraction of sp³-hybridized carbons (Fsp3) is 0.429. The summed E-state index contributed by atoms with van der Waals surface area (Å²) in [5, 5.41) is 1.96. The molecule has 96 valence electrons. The number of benzene rings is 1. The molecule has 1 aliphatic rings. The molecule has 1 aromatic carbocycles. The fourth-order valence-corrected chi connectivity index (χ4v) is 3.00. The van der Waals surface area contributed by atoms with E-state index >= 15 is 0 Å². The molecule has 18 heavy (non-hydrogen) atoms. The van der Waals surface area contributed by atoms with Crippen LogP contribution in [0, 0.1) is 0 Å². The first-order valence-electron chi connectivity index (χ1n) is 6.47. The van der Waals surface area contributed by atoms with E-state index in [2.05, 4.69) is 22.0 Å². The van der Waals surface area contributed by atoms with Crippen LogP contribution in [-0.2, 0) is 6.54 Å². The number of rotatable bonds is 2. The van der Waals surface area contributed by atoms with E-state index < -0.39 is 0 Å². The maximum Gasteiger partial charge on any atom is 0.0705 e. The molecule has 1 saturated heterocycles. The molecule has 0 aliphatic carbocycles.